The van der Waals surface area contributed by atoms with Gasteiger partial charge in [0.15, 0.2) is 0 Å². The second kappa shape index (κ2) is 6.63. The molecule has 0 aromatic carbocycles. The number of aryl methyl sites for hydroxylation is 1. The standard InChI is InChI=1S/C14H19N3OS/c1-10(2)15-7-14-17-12(9-19-14)8-18-13-5-4-11(3)16-6-13/h4-6,9-10,15H,7-8H2,1-3H3. The number of rotatable bonds is 6. The zero-order valence-corrected chi connectivity index (χ0v) is 12.3. The first-order valence-corrected chi connectivity index (χ1v) is 7.23. The van der Waals surface area contributed by atoms with Crippen LogP contribution in [0.25, 0.3) is 0 Å². The highest BCUT2D eigenvalue weighted by molar-refractivity contribution is 7.09. The quantitative estimate of drug-likeness (QED) is 0.882. The zero-order valence-electron chi connectivity index (χ0n) is 11.5. The maximum Gasteiger partial charge on any atom is 0.138 e. The molecule has 0 amide bonds. The van der Waals surface area contributed by atoms with Crippen LogP contribution in [-0.2, 0) is 13.2 Å². The van der Waals surface area contributed by atoms with Crippen LogP contribution < -0.4 is 10.1 Å². The summed E-state index contributed by atoms with van der Waals surface area (Å²) in [5, 5.41) is 6.48. The molecule has 0 atom stereocenters. The van der Waals surface area contributed by atoms with Crippen molar-refractivity contribution < 1.29 is 4.74 Å². The van der Waals surface area contributed by atoms with Gasteiger partial charge in [-0.05, 0) is 19.1 Å². The molecular formula is C14H19N3OS. The van der Waals surface area contributed by atoms with Crippen molar-refractivity contribution in [2.75, 3.05) is 0 Å². The van der Waals surface area contributed by atoms with Gasteiger partial charge in [0.1, 0.15) is 17.4 Å². The molecule has 2 aromatic rings. The van der Waals surface area contributed by atoms with Crippen LogP contribution >= 0.6 is 11.3 Å². The first kappa shape index (κ1) is 14.0. The van der Waals surface area contributed by atoms with Gasteiger partial charge in [0.05, 0.1) is 11.9 Å². The molecule has 0 saturated carbocycles. The highest BCUT2D eigenvalue weighted by Crippen LogP contribution is 2.14. The summed E-state index contributed by atoms with van der Waals surface area (Å²) < 4.78 is 5.65. The highest BCUT2D eigenvalue weighted by atomic mass is 32.1. The van der Waals surface area contributed by atoms with E-state index < -0.39 is 0 Å². The number of nitrogens with zero attached hydrogens (tertiary/aromatic N) is 2. The fourth-order valence-electron chi connectivity index (χ4n) is 1.48. The Labute approximate surface area is 117 Å². The minimum absolute atomic E-state index is 0.474. The molecule has 2 rings (SSSR count). The fourth-order valence-corrected chi connectivity index (χ4v) is 2.21. The summed E-state index contributed by atoms with van der Waals surface area (Å²) in [4.78, 5) is 8.72. The largest absolute Gasteiger partial charge is 0.486 e. The Hall–Kier alpha value is -1.46. The van der Waals surface area contributed by atoms with E-state index in [-0.39, 0.29) is 0 Å². The highest BCUT2D eigenvalue weighted by Gasteiger charge is 2.04. The van der Waals surface area contributed by atoms with Crippen molar-refractivity contribution in [3.8, 4) is 5.75 Å². The Morgan fingerprint density at radius 2 is 2.21 bits per heavy atom. The third kappa shape index (κ3) is 4.61. The molecule has 2 heterocycles. The van der Waals surface area contributed by atoms with Gasteiger partial charge in [0, 0.05) is 23.7 Å². The molecule has 0 aliphatic rings. The zero-order chi connectivity index (χ0) is 13.7. The molecule has 0 unspecified atom stereocenters. The smallest absolute Gasteiger partial charge is 0.138 e. The van der Waals surface area contributed by atoms with E-state index in [4.69, 9.17) is 4.74 Å². The van der Waals surface area contributed by atoms with Crippen LogP contribution in [0, 0.1) is 6.92 Å². The van der Waals surface area contributed by atoms with Crippen molar-refractivity contribution in [3.63, 3.8) is 0 Å². The van der Waals surface area contributed by atoms with Gasteiger partial charge >= 0.3 is 0 Å². The molecular weight excluding hydrogens is 258 g/mol. The van der Waals surface area contributed by atoms with Crippen LogP contribution in [-0.4, -0.2) is 16.0 Å². The van der Waals surface area contributed by atoms with E-state index in [1.54, 1.807) is 17.5 Å². The molecule has 19 heavy (non-hydrogen) atoms. The molecule has 0 bridgehead atoms. The Morgan fingerprint density at radius 3 is 2.89 bits per heavy atom. The van der Waals surface area contributed by atoms with Crippen LogP contribution in [0.1, 0.15) is 30.2 Å². The summed E-state index contributed by atoms with van der Waals surface area (Å²) >= 11 is 1.66. The van der Waals surface area contributed by atoms with Crippen molar-refractivity contribution >= 4 is 11.3 Å². The Morgan fingerprint density at radius 1 is 1.37 bits per heavy atom. The third-order valence-corrected chi connectivity index (χ3v) is 3.43. The molecule has 0 fully saturated rings. The minimum Gasteiger partial charge on any atom is -0.486 e. The van der Waals surface area contributed by atoms with E-state index in [1.165, 1.54) is 0 Å². The number of nitrogens with one attached hydrogen (secondary N) is 1. The Bertz CT molecular complexity index is 508. The van der Waals surface area contributed by atoms with Gasteiger partial charge in [-0.1, -0.05) is 13.8 Å². The van der Waals surface area contributed by atoms with Gasteiger partial charge in [-0.2, -0.15) is 0 Å². The number of pyridine rings is 1. The van der Waals surface area contributed by atoms with Crippen molar-refractivity contribution in [1.82, 2.24) is 15.3 Å². The van der Waals surface area contributed by atoms with Crippen LogP contribution in [0.4, 0.5) is 0 Å². The van der Waals surface area contributed by atoms with Gasteiger partial charge in [-0.3, -0.25) is 4.98 Å². The van der Waals surface area contributed by atoms with Crippen molar-refractivity contribution in [1.29, 1.82) is 0 Å². The number of hydrogen-bond acceptors (Lipinski definition) is 5. The molecule has 1 N–H and O–H groups in total. The van der Waals surface area contributed by atoms with E-state index in [0.29, 0.717) is 12.6 Å². The van der Waals surface area contributed by atoms with Crippen LogP contribution in [0.2, 0.25) is 0 Å². The summed E-state index contributed by atoms with van der Waals surface area (Å²) in [7, 11) is 0. The normalized spacial score (nSPS) is 10.9. The molecule has 0 aliphatic carbocycles. The lowest BCUT2D eigenvalue weighted by Crippen LogP contribution is -2.21. The van der Waals surface area contributed by atoms with E-state index in [9.17, 15) is 0 Å². The van der Waals surface area contributed by atoms with Crippen LogP contribution in [0.3, 0.4) is 0 Å². The minimum atomic E-state index is 0.474. The predicted octanol–water partition coefficient (Wildman–Crippen LogP) is 2.92. The van der Waals surface area contributed by atoms with E-state index in [2.05, 4.69) is 29.1 Å². The third-order valence-electron chi connectivity index (χ3n) is 2.53. The molecule has 2 aromatic heterocycles. The van der Waals surface area contributed by atoms with Gasteiger partial charge in [0.2, 0.25) is 0 Å². The summed E-state index contributed by atoms with van der Waals surface area (Å²) in [5.74, 6) is 0.778. The topological polar surface area (TPSA) is 47.0 Å². The number of aromatic nitrogens is 2. The second-order valence-electron chi connectivity index (χ2n) is 4.69. The SMILES string of the molecule is Cc1ccc(OCc2csc(CNC(C)C)n2)cn1. The van der Waals surface area contributed by atoms with E-state index >= 15 is 0 Å². The first-order valence-electron chi connectivity index (χ1n) is 6.35. The Kier molecular flexibility index (Phi) is 4.87. The van der Waals surface area contributed by atoms with Gasteiger partial charge in [-0.25, -0.2) is 4.98 Å². The first-order chi connectivity index (χ1) is 9.13. The number of hydrogen-bond donors (Lipinski definition) is 1. The average molecular weight is 277 g/mol. The molecule has 102 valence electrons. The maximum absolute atomic E-state index is 5.65. The van der Waals surface area contributed by atoms with Gasteiger partial charge < -0.3 is 10.1 Å². The monoisotopic (exact) mass is 277 g/mol. The molecule has 5 heteroatoms. The molecule has 0 radical (unpaired) electrons. The van der Waals surface area contributed by atoms with Crippen molar-refractivity contribution in [2.45, 2.75) is 40.0 Å². The van der Waals surface area contributed by atoms with Crippen molar-refractivity contribution in [2.24, 2.45) is 0 Å². The Balaban J connectivity index is 1.84. The van der Waals surface area contributed by atoms with Gasteiger partial charge in [0.25, 0.3) is 0 Å². The summed E-state index contributed by atoms with van der Waals surface area (Å²) in [6, 6.07) is 4.34. The van der Waals surface area contributed by atoms with E-state index in [0.717, 1.165) is 28.7 Å². The lowest BCUT2D eigenvalue weighted by atomic mass is 10.4. The number of ether oxygens (including phenoxy) is 1. The summed E-state index contributed by atoms with van der Waals surface area (Å²) in [6.07, 6.45) is 1.74. The second-order valence-corrected chi connectivity index (χ2v) is 5.63. The van der Waals surface area contributed by atoms with Crippen molar-refractivity contribution in [3.05, 3.63) is 40.1 Å². The number of thiazole rings is 1. The molecule has 0 aliphatic heterocycles. The van der Waals surface area contributed by atoms with Gasteiger partial charge in [-0.15, -0.1) is 11.3 Å². The van der Waals surface area contributed by atoms with E-state index in [1.807, 2.05) is 24.4 Å². The summed E-state index contributed by atoms with van der Waals surface area (Å²) in [6.45, 7) is 7.51. The van der Waals surface area contributed by atoms with Crippen LogP contribution in [0.5, 0.6) is 5.75 Å². The summed E-state index contributed by atoms with van der Waals surface area (Å²) in [5.41, 5.74) is 1.95. The maximum atomic E-state index is 5.65. The predicted molar refractivity (Wildman–Crippen MR) is 77.4 cm³/mol. The fraction of sp³-hybridized carbons (Fsp3) is 0.429. The molecule has 0 spiro atoms. The molecule has 0 saturated heterocycles. The lowest BCUT2D eigenvalue weighted by molar-refractivity contribution is 0.300. The average Bonchev–Trinajstić information content (AvgIpc) is 2.84. The lowest BCUT2D eigenvalue weighted by Gasteiger charge is -2.05. The van der Waals surface area contributed by atoms with Crippen LogP contribution in [0.15, 0.2) is 23.7 Å². The molecule has 4 nitrogen and oxygen atoms in total.